The van der Waals surface area contributed by atoms with E-state index < -0.39 is 0 Å². The Balaban J connectivity index is 2.22. The van der Waals surface area contributed by atoms with Crippen LogP contribution in [0.25, 0.3) is 0 Å². The molecule has 0 aromatic heterocycles. The molecular weight excluding hydrogens is 243 g/mol. The van der Waals surface area contributed by atoms with Crippen LogP contribution in [0.5, 0.6) is 0 Å². The summed E-state index contributed by atoms with van der Waals surface area (Å²) < 4.78 is 19.5. The predicted octanol–water partition coefficient (Wildman–Crippen LogP) is 2.12. The highest BCUT2D eigenvalue weighted by atomic mass is 19.1. The van der Waals surface area contributed by atoms with E-state index in [4.69, 9.17) is 4.74 Å². The minimum atomic E-state index is -0.179. The van der Waals surface area contributed by atoms with Gasteiger partial charge in [-0.25, -0.2) is 4.39 Å². The van der Waals surface area contributed by atoms with E-state index >= 15 is 0 Å². The van der Waals surface area contributed by atoms with Crippen LogP contribution in [-0.2, 0) is 4.74 Å². The van der Waals surface area contributed by atoms with Gasteiger partial charge in [-0.05, 0) is 43.8 Å². The van der Waals surface area contributed by atoms with Crippen molar-refractivity contribution in [3.8, 4) is 0 Å². The molecule has 3 nitrogen and oxygen atoms in total. The summed E-state index contributed by atoms with van der Waals surface area (Å²) in [7, 11) is 2.09. The third kappa shape index (κ3) is 3.75. The normalized spacial score (nSPS) is 22.4. The van der Waals surface area contributed by atoms with Crippen LogP contribution in [-0.4, -0.2) is 44.3 Å². The van der Waals surface area contributed by atoms with Crippen molar-refractivity contribution in [1.82, 2.24) is 10.2 Å². The maximum atomic E-state index is 13.6. The fourth-order valence-electron chi connectivity index (χ4n) is 2.64. The van der Waals surface area contributed by atoms with Gasteiger partial charge in [0.15, 0.2) is 0 Å². The van der Waals surface area contributed by atoms with Gasteiger partial charge in [-0.15, -0.1) is 0 Å². The average Bonchev–Trinajstić information content (AvgIpc) is 2.34. The summed E-state index contributed by atoms with van der Waals surface area (Å²) in [5, 5.41) is 3.43. The lowest BCUT2D eigenvalue weighted by Gasteiger charge is -2.35. The lowest BCUT2D eigenvalue weighted by Crippen LogP contribution is -2.46. The molecule has 2 rings (SSSR count). The summed E-state index contributed by atoms with van der Waals surface area (Å²) >= 11 is 0. The zero-order chi connectivity index (χ0) is 13.8. The SMILES string of the molecule is CCNC(c1cc(C)cc(F)c1)C1CN(C)CCO1. The molecular formula is C15H23FN2O. The monoisotopic (exact) mass is 266 g/mol. The van der Waals surface area contributed by atoms with Crippen LogP contribution in [0.1, 0.15) is 24.1 Å². The second-order valence-electron chi connectivity index (χ2n) is 5.27. The second-order valence-corrected chi connectivity index (χ2v) is 5.27. The van der Waals surface area contributed by atoms with Crippen LogP contribution in [0, 0.1) is 12.7 Å². The number of aryl methyl sites for hydroxylation is 1. The quantitative estimate of drug-likeness (QED) is 0.903. The van der Waals surface area contributed by atoms with E-state index in [1.807, 2.05) is 13.0 Å². The first-order valence-corrected chi connectivity index (χ1v) is 6.90. The van der Waals surface area contributed by atoms with Gasteiger partial charge in [-0.2, -0.15) is 0 Å². The topological polar surface area (TPSA) is 24.5 Å². The molecule has 0 amide bonds. The van der Waals surface area contributed by atoms with Crippen molar-refractivity contribution in [3.05, 3.63) is 35.1 Å². The molecule has 19 heavy (non-hydrogen) atoms. The number of likely N-dealkylation sites (N-methyl/N-ethyl adjacent to an activating group) is 2. The zero-order valence-corrected chi connectivity index (χ0v) is 11.9. The number of hydrogen-bond donors (Lipinski definition) is 1. The standard InChI is InChI=1S/C15H23FN2O/c1-4-17-15(14-10-18(3)5-6-19-14)12-7-11(2)8-13(16)9-12/h7-9,14-15,17H,4-6,10H2,1-3H3. The third-order valence-corrected chi connectivity index (χ3v) is 3.52. The van der Waals surface area contributed by atoms with Crippen molar-refractivity contribution in [3.63, 3.8) is 0 Å². The molecule has 1 aromatic rings. The molecule has 1 aliphatic heterocycles. The first-order chi connectivity index (χ1) is 9.10. The Morgan fingerprint density at radius 1 is 1.47 bits per heavy atom. The minimum Gasteiger partial charge on any atom is -0.374 e. The molecule has 0 saturated carbocycles. The Hall–Kier alpha value is -0.970. The predicted molar refractivity (Wildman–Crippen MR) is 74.8 cm³/mol. The van der Waals surface area contributed by atoms with Crippen molar-refractivity contribution >= 4 is 0 Å². The highest BCUT2D eigenvalue weighted by Crippen LogP contribution is 2.24. The molecule has 2 atom stereocenters. The first-order valence-electron chi connectivity index (χ1n) is 6.90. The first kappa shape index (κ1) is 14.4. The lowest BCUT2D eigenvalue weighted by molar-refractivity contribution is -0.0390. The number of halogens is 1. The van der Waals surface area contributed by atoms with Crippen LogP contribution >= 0.6 is 0 Å². The van der Waals surface area contributed by atoms with E-state index in [-0.39, 0.29) is 18.0 Å². The molecule has 106 valence electrons. The smallest absolute Gasteiger partial charge is 0.123 e. The van der Waals surface area contributed by atoms with Gasteiger partial charge in [0.2, 0.25) is 0 Å². The Kier molecular flexibility index (Phi) is 4.91. The fourth-order valence-corrected chi connectivity index (χ4v) is 2.64. The molecule has 2 unspecified atom stereocenters. The van der Waals surface area contributed by atoms with Gasteiger partial charge in [-0.1, -0.05) is 13.0 Å². The molecule has 0 spiro atoms. The Labute approximate surface area is 114 Å². The van der Waals surface area contributed by atoms with Crippen molar-refractivity contribution in [1.29, 1.82) is 0 Å². The molecule has 1 aliphatic rings. The minimum absolute atomic E-state index is 0.0437. The Morgan fingerprint density at radius 2 is 2.26 bits per heavy atom. The third-order valence-electron chi connectivity index (χ3n) is 3.52. The van der Waals surface area contributed by atoms with E-state index in [0.717, 1.165) is 37.4 Å². The van der Waals surface area contributed by atoms with E-state index in [2.05, 4.69) is 24.2 Å². The Morgan fingerprint density at radius 3 is 2.89 bits per heavy atom. The summed E-state index contributed by atoms with van der Waals surface area (Å²) in [5.74, 6) is -0.179. The molecule has 1 fully saturated rings. The number of ether oxygens (including phenoxy) is 1. The van der Waals surface area contributed by atoms with Gasteiger partial charge in [0.25, 0.3) is 0 Å². The lowest BCUT2D eigenvalue weighted by atomic mass is 9.98. The number of nitrogens with one attached hydrogen (secondary N) is 1. The van der Waals surface area contributed by atoms with Crippen molar-refractivity contribution in [2.24, 2.45) is 0 Å². The molecule has 0 aliphatic carbocycles. The highest BCUT2D eigenvalue weighted by molar-refractivity contribution is 5.27. The molecule has 1 N–H and O–H groups in total. The number of benzene rings is 1. The van der Waals surface area contributed by atoms with Gasteiger partial charge in [0, 0.05) is 13.1 Å². The van der Waals surface area contributed by atoms with Crippen LogP contribution in [0.4, 0.5) is 4.39 Å². The molecule has 1 saturated heterocycles. The highest BCUT2D eigenvalue weighted by Gasteiger charge is 2.27. The van der Waals surface area contributed by atoms with Crippen LogP contribution in [0.15, 0.2) is 18.2 Å². The number of hydrogen-bond acceptors (Lipinski definition) is 3. The number of rotatable bonds is 4. The van der Waals surface area contributed by atoms with Crippen LogP contribution < -0.4 is 5.32 Å². The van der Waals surface area contributed by atoms with Crippen molar-refractivity contribution in [2.75, 3.05) is 33.3 Å². The molecule has 1 aromatic carbocycles. The molecule has 4 heteroatoms. The molecule has 0 radical (unpaired) electrons. The second kappa shape index (κ2) is 6.46. The maximum absolute atomic E-state index is 13.6. The summed E-state index contributed by atoms with van der Waals surface area (Å²) in [6.07, 6.45) is 0.0694. The maximum Gasteiger partial charge on any atom is 0.123 e. The van der Waals surface area contributed by atoms with Gasteiger partial charge in [0.1, 0.15) is 5.82 Å². The summed E-state index contributed by atoms with van der Waals surface area (Å²) in [5.41, 5.74) is 1.92. The fraction of sp³-hybridized carbons (Fsp3) is 0.600. The van der Waals surface area contributed by atoms with Crippen molar-refractivity contribution < 1.29 is 9.13 Å². The molecule has 0 bridgehead atoms. The summed E-state index contributed by atoms with van der Waals surface area (Å²) in [6.45, 7) is 7.38. The van der Waals surface area contributed by atoms with Gasteiger partial charge in [-0.3, -0.25) is 0 Å². The van der Waals surface area contributed by atoms with Gasteiger partial charge in [0.05, 0.1) is 18.8 Å². The number of morpholine rings is 1. The van der Waals surface area contributed by atoms with E-state index in [9.17, 15) is 4.39 Å². The summed E-state index contributed by atoms with van der Waals surface area (Å²) in [6, 6.07) is 5.25. The summed E-state index contributed by atoms with van der Waals surface area (Å²) in [4.78, 5) is 2.25. The molecule has 1 heterocycles. The average molecular weight is 266 g/mol. The van der Waals surface area contributed by atoms with Crippen LogP contribution in [0.2, 0.25) is 0 Å². The zero-order valence-electron chi connectivity index (χ0n) is 11.9. The van der Waals surface area contributed by atoms with Crippen LogP contribution in [0.3, 0.4) is 0 Å². The van der Waals surface area contributed by atoms with E-state index in [1.165, 1.54) is 0 Å². The van der Waals surface area contributed by atoms with Crippen molar-refractivity contribution in [2.45, 2.75) is 26.0 Å². The Bertz CT molecular complexity index is 404. The van der Waals surface area contributed by atoms with Gasteiger partial charge >= 0.3 is 0 Å². The largest absolute Gasteiger partial charge is 0.374 e. The van der Waals surface area contributed by atoms with Gasteiger partial charge < -0.3 is 15.0 Å². The van der Waals surface area contributed by atoms with E-state index in [1.54, 1.807) is 12.1 Å². The van der Waals surface area contributed by atoms with E-state index in [0.29, 0.717) is 0 Å². The number of nitrogens with zero attached hydrogens (tertiary/aromatic N) is 1.